The number of hydrogen-bond acceptors (Lipinski definition) is 4. The van der Waals surface area contributed by atoms with E-state index in [1.165, 1.54) is 11.3 Å². The Morgan fingerprint density at radius 1 is 1.53 bits per heavy atom. The summed E-state index contributed by atoms with van der Waals surface area (Å²) < 4.78 is 0. The van der Waals surface area contributed by atoms with Crippen molar-refractivity contribution in [3.8, 4) is 0 Å². The Labute approximate surface area is 108 Å². The first-order valence-corrected chi connectivity index (χ1v) is 6.35. The minimum absolute atomic E-state index is 0.215. The first-order valence-electron chi connectivity index (χ1n) is 4.93. The highest BCUT2D eigenvalue weighted by Gasteiger charge is 2.08. The van der Waals surface area contributed by atoms with Crippen LogP contribution in [0.1, 0.15) is 21.7 Å². The number of carbonyl (C=O) groups is 1. The van der Waals surface area contributed by atoms with Crippen LogP contribution in [0.25, 0.3) is 0 Å². The molecule has 17 heavy (non-hydrogen) atoms. The maximum absolute atomic E-state index is 11.8. The highest BCUT2D eigenvalue weighted by Crippen LogP contribution is 2.17. The van der Waals surface area contributed by atoms with Crippen LogP contribution >= 0.6 is 22.9 Å². The summed E-state index contributed by atoms with van der Waals surface area (Å²) in [5.41, 5.74) is 2.15. The van der Waals surface area contributed by atoms with Gasteiger partial charge in [0.1, 0.15) is 0 Å². The number of rotatable bonds is 3. The van der Waals surface area contributed by atoms with Gasteiger partial charge in [0.15, 0.2) is 5.13 Å². The number of nitrogens with one attached hydrogen (secondary N) is 1. The van der Waals surface area contributed by atoms with Crippen LogP contribution in [0.15, 0.2) is 23.7 Å². The molecule has 0 saturated heterocycles. The zero-order valence-corrected chi connectivity index (χ0v) is 10.7. The molecule has 2 aromatic rings. The molecule has 0 spiro atoms. The van der Waals surface area contributed by atoms with E-state index in [2.05, 4.69) is 15.3 Å². The molecule has 1 amide bonds. The number of carbonyl (C=O) groups excluding carboxylic acids is 1. The SMILES string of the molecule is Cc1ccc(C(=O)Nc2nc(CCl)cs2)cn1. The van der Waals surface area contributed by atoms with Gasteiger partial charge in [-0.05, 0) is 19.1 Å². The molecule has 1 N–H and O–H groups in total. The average Bonchev–Trinajstić information content (AvgIpc) is 2.77. The fourth-order valence-electron chi connectivity index (χ4n) is 1.20. The lowest BCUT2D eigenvalue weighted by atomic mass is 10.2. The van der Waals surface area contributed by atoms with Crippen LogP contribution in [0.3, 0.4) is 0 Å². The van der Waals surface area contributed by atoms with E-state index in [0.29, 0.717) is 16.6 Å². The predicted octanol–water partition coefficient (Wildman–Crippen LogP) is 2.84. The van der Waals surface area contributed by atoms with Gasteiger partial charge in [-0.15, -0.1) is 22.9 Å². The van der Waals surface area contributed by atoms with Crippen LogP contribution in [-0.4, -0.2) is 15.9 Å². The second-order valence-corrected chi connectivity index (χ2v) is 4.55. The molecule has 0 atom stereocenters. The molecule has 0 unspecified atom stereocenters. The third kappa shape index (κ3) is 3.01. The second-order valence-electron chi connectivity index (χ2n) is 3.42. The van der Waals surface area contributed by atoms with Gasteiger partial charge in [0.2, 0.25) is 0 Å². The molecule has 2 aromatic heterocycles. The first-order chi connectivity index (χ1) is 8.19. The van der Waals surface area contributed by atoms with Crippen molar-refractivity contribution >= 4 is 34.0 Å². The molecule has 0 saturated carbocycles. The Morgan fingerprint density at radius 3 is 2.94 bits per heavy atom. The van der Waals surface area contributed by atoms with E-state index in [9.17, 15) is 4.79 Å². The molecule has 6 heteroatoms. The third-order valence-corrected chi connectivity index (χ3v) is 3.16. The van der Waals surface area contributed by atoms with Crippen LogP contribution < -0.4 is 5.32 Å². The summed E-state index contributed by atoms with van der Waals surface area (Å²) in [6.07, 6.45) is 1.54. The largest absolute Gasteiger partial charge is 0.298 e. The summed E-state index contributed by atoms with van der Waals surface area (Å²) in [5, 5.41) is 5.07. The number of amides is 1. The summed E-state index contributed by atoms with van der Waals surface area (Å²) in [5.74, 6) is 0.131. The zero-order chi connectivity index (χ0) is 12.3. The van der Waals surface area contributed by atoms with Crippen molar-refractivity contribution in [3.63, 3.8) is 0 Å². The number of aromatic nitrogens is 2. The molecule has 2 heterocycles. The number of alkyl halides is 1. The Morgan fingerprint density at radius 2 is 2.35 bits per heavy atom. The fraction of sp³-hybridized carbons (Fsp3) is 0.182. The average molecular weight is 268 g/mol. The summed E-state index contributed by atoms with van der Waals surface area (Å²) >= 11 is 6.99. The quantitative estimate of drug-likeness (QED) is 0.870. The van der Waals surface area contributed by atoms with Crippen molar-refractivity contribution in [2.75, 3.05) is 5.32 Å². The molecule has 0 bridgehead atoms. The van der Waals surface area contributed by atoms with Crippen molar-refractivity contribution in [1.29, 1.82) is 0 Å². The summed E-state index contributed by atoms with van der Waals surface area (Å²) in [6.45, 7) is 1.87. The van der Waals surface area contributed by atoms with Crippen molar-refractivity contribution in [2.24, 2.45) is 0 Å². The molecular weight excluding hydrogens is 258 g/mol. The second kappa shape index (κ2) is 5.25. The van der Waals surface area contributed by atoms with Gasteiger partial charge >= 0.3 is 0 Å². The van der Waals surface area contributed by atoms with E-state index in [4.69, 9.17) is 11.6 Å². The van der Waals surface area contributed by atoms with Gasteiger partial charge < -0.3 is 0 Å². The minimum Gasteiger partial charge on any atom is -0.298 e. The maximum atomic E-state index is 11.8. The number of anilines is 1. The standard InChI is InChI=1S/C11H10ClN3OS/c1-7-2-3-8(5-13-7)10(16)15-11-14-9(4-12)6-17-11/h2-3,5-6H,4H2,1H3,(H,14,15,16). The van der Waals surface area contributed by atoms with Crippen LogP contribution in [0, 0.1) is 6.92 Å². The Kier molecular flexibility index (Phi) is 3.71. The Balaban J connectivity index is 2.08. The van der Waals surface area contributed by atoms with Gasteiger partial charge in [0, 0.05) is 17.3 Å². The highest BCUT2D eigenvalue weighted by atomic mass is 35.5. The number of hydrogen-bond donors (Lipinski definition) is 1. The number of thiazole rings is 1. The molecular formula is C11H10ClN3OS. The molecule has 4 nitrogen and oxygen atoms in total. The van der Waals surface area contributed by atoms with E-state index in [0.717, 1.165) is 11.4 Å². The van der Waals surface area contributed by atoms with Gasteiger partial charge in [-0.2, -0.15) is 0 Å². The molecule has 2 rings (SSSR count). The smallest absolute Gasteiger partial charge is 0.259 e. The van der Waals surface area contributed by atoms with Crippen LogP contribution in [0.5, 0.6) is 0 Å². The number of nitrogens with zero attached hydrogens (tertiary/aromatic N) is 2. The number of aryl methyl sites for hydroxylation is 1. The van der Waals surface area contributed by atoms with E-state index in [-0.39, 0.29) is 5.91 Å². The Hall–Kier alpha value is -1.46. The Bertz CT molecular complexity index is 524. The minimum atomic E-state index is -0.215. The maximum Gasteiger partial charge on any atom is 0.259 e. The van der Waals surface area contributed by atoms with E-state index in [1.807, 2.05) is 12.3 Å². The van der Waals surface area contributed by atoms with Crippen LogP contribution in [0.2, 0.25) is 0 Å². The van der Waals surface area contributed by atoms with Gasteiger partial charge in [-0.1, -0.05) is 0 Å². The van der Waals surface area contributed by atoms with Gasteiger partial charge in [-0.3, -0.25) is 15.1 Å². The zero-order valence-electron chi connectivity index (χ0n) is 9.11. The molecule has 0 aromatic carbocycles. The van der Waals surface area contributed by atoms with Crippen LogP contribution in [-0.2, 0) is 5.88 Å². The van der Waals surface area contributed by atoms with Crippen LogP contribution in [0.4, 0.5) is 5.13 Å². The normalized spacial score (nSPS) is 10.2. The lowest BCUT2D eigenvalue weighted by Crippen LogP contribution is -2.12. The number of pyridine rings is 1. The topological polar surface area (TPSA) is 54.9 Å². The van der Waals surface area contributed by atoms with E-state index >= 15 is 0 Å². The molecule has 0 aliphatic heterocycles. The summed E-state index contributed by atoms with van der Waals surface area (Å²) in [4.78, 5) is 20.0. The van der Waals surface area contributed by atoms with Gasteiger partial charge in [0.05, 0.1) is 17.1 Å². The van der Waals surface area contributed by atoms with Crippen molar-refractivity contribution < 1.29 is 4.79 Å². The monoisotopic (exact) mass is 267 g/mol. The van der Waals surface area contributed by atoms with Crippen molar-refractivity contribution in [1.82, 2.24) is 9.97 Å². The lowest BCUT2D eigenvalue weighted by Gasteiger charge is -2.01. The van der Waals surface area contributed by atoms with Gasteiger partial charge in [-0.25, -0.2) is 4.98 Å². The third-order valence-electron chi connectivity index (χ3n) is 2.08. The summed E-state index contributed by atoms with van der Waals surface area (Å²) in [6, 6.07) is 3.52. The molecule has 0 radical (unpaired) electrons. The molecule has 88 valence electrons. The van der Waals surface area contributed by atoms with Crippen molar-refractivity contribution in [2.45, 2.75) is 12.8 Å². The number of halogens is 1. The predicted molar refractivity (Wildman–Crippen MR) is 68.6 cm³/mol. The summed E-state index contributed by atoms with van der Waals surface area (Å²) in [7, 11) is 0. The van der Waals surface area contributed by atoms with E-state index < -0.39 is 0 Å². The molecule has 0 fully saturated rings. The molecule has 0 aliphatic rings. The van der Waals surface area contributed by atoms with Crippen molar-refractivity contribution in [3.05, 3.63) is 40.7 Å². The first kappa shape index (κ1) is 12.0. The highest BCUT2D eigenvalue weighted by molar-refractivity contribution is 7.14. The lowest BCUT2D eigenvalue weighted by molar-refractivity contribution is 0.102. The van der Waals surface area contributed by atoms with Gasteiger partial charge in [0.25, 0.3) is 5.91 Å². The molecule has 0 aliphatic carbocycles. The fourth-order valence-corrected chi connectivity index (χ4v) is 2.13. The van der Waals surface area contributed by atoms with E-state index in [1.54, 1.807) is 18.3 Å².